The molecule has 1 amide bonds. The van der Waals surface area contributed by atoms with Gasteiger partial charge < -0.3 is 10.4 Å². The maximum atomic E-state index is 11.5. The predicted molar refractivity (Wildman–Crippen MR) is 74.2 cm³/mol. The van der Waals surface area contributed by atoms with Crippen molar-refractivity contribution in [3.8, 4) is 0 Å². The van der Waals surface area contributed by atoms with Crippen molar-refractivity contribution in [1.29, 1.82) is 0 Å². The Balaban J connectivity index is 2.51. The third-order valence-electron chi connectivity index (χ3n) is 2.56. The number of carbonyl (C=O) groups is 2. The molecule has 2 N–H and O–H groups in total. The van der Waals surface area contributed by atoms with E-state index in [9.17, 15) is 18.0 Å². The van der Waals surface area contributed by atoms with Crippen molar-refractivity contribution in [2.24, 2.45) is 0 Å². The summed E-state index contributed by atoms with van der Waals surface area (Å²) >= 11 is 0. The molecule has 1 aromatic rings. The third-order valence-corrected chi connectivity index (χ3v) is 4.29. The molecule has 0 saturated carbocycles. The van der Waals surface area contributed by atoms with E-state index >= 15 is 0 Å². The zero-order chi connectivity index (χ0) is 15.2. The summed E-state index contributed by atoms with van der Waals surface area (Å²) < 4.78 is 22.9. The molecule has 0 fully saturated rings. The fraction of sp³-hybridized carbons (Fsp3) is 0.385. The lowest BCUT2D eigenvalue weighted by atomic mass is 10.1. The lowest BCUT2D eigenvalue weighted by Crippen LogP contribution is -2.30. The Bertz CT molecular complexity index is 577. The van der Waals surface area contributed by atoms with E-state index in [-0.39, 0.29) is 17.9 Å². The fourth-order valence-corrected chi connectivity index (χ4v) is 2.87. The molecule has 0 bridgehead atoms. The smallest absolute Gasteiger partial charge is 0.335 e. The van der Waals surface area contributed by atoms with Crippen molar-refractivity contribution in [1.82, 2.24) is 5.32 Å². The molecule has 1 rings (SSSR count). The van der Waals surface area contributed by atoms with Crippen LogP contribution in [-0.2, 0) is 21.2 Å². The van der Waals surface area contributed by atoms with Crippen LogP contribution in [0.2, 0.25) is 0 Å². The van der Waals surface area contributed by atoms with E-state index in [1.807, 2.05) is 0 Å². The molecule has 0 spiro atoms. The van der Waals surface area contributed by atoms with Crippen LogP contribution in [0.4, 0.5) is 0 Å². The summed E-state index contributed by atoms with van der Waals surface area (Å²) in [7, 11) is -3.34. The van der Waals surface area contributed by atoms with E-state index in [1.165, 1.54) is 12.1 Å². The standard InChI is InChI=1S/C13H17NO5S/c1-2-7-20(18,19)9-12(15)14-8-10-3-5-11(6-4-10)13(16)17/h3-6H,2,7-9H2,1H3,(H,14,15)(H,16,17). The predicted octanol–water partition coefficient (Wildman–Crippen LogP) is 0.826. The molecule has 110 valence electrons. The number of nitrogens with one attached hydrogen (secondary N) is 1. The van der Waals surface area contributed by atoms with Gasteiger partial charge in [0.25, 0.3) is 0 Å². The third kappa shape index (κ3) is 5.40. The van der Waals surface area contributed by atoms with E-state index in [0.717, 1.165) is 0 Å². The minimum absolute atomic E-state index is 0.00622. The lowest BCUT2D eigenvalue weighted by Gasteiger charge is -2.06. The molecule has 0 aromatic heterocycles. The number of benzene rings is 1. The molecule has 0 aliphatic heterocycles. The van der Waals surface area contributed by atoms with Crippen molar-refractivity contribution in [3.63, 3.8) is 0 Å². The van der Waals surface area contributed by atoms with Crippen LogP contribution in [0, 0.1) is 0 Å². The van der Waals surface area contributed by atoms with Gasteiger partial charge in [-0.3, -0.25) is 4.79 Å². The van der Waals surface area contributed by atoms with Crippen LogP contribution in [0.3, 0.4) is 0 Å². The van der Waals surface area contributed by atoms with Gasteiger partial charge in [0.2, 0.25) is 5.91 Å². The quantitative estimate of drug-likeness (QED) is 0.776. The number of carbonyl (C=O) groups excluding carboxylic acids is 1. The molecule has 6 nitrogen and oxygen atoms in total. The molecule has 0 aliphatic carbocycles. The summed E-state index contributed by atoms with van der Waals surface area (Å²) in [4.78, 5) is 22.2. The zero-order valence-corrected chi connectivity index (χ0v) is 11.9. The highest BCUT2D eigenvalue weighted by Gasteiger charge is 2.15. The summed E-state index contributed by atoms with van der Waals surface area (Å²) in [6, 6.07) is 6.00. The summed E-state index contributed by atoms with van der Waals surface area (Å²) in [6.45, 7) is 1.90. The van der Waals surface area contributed by atoms with E-state index in [4.69, 9.17) is 5.11 Å². The van der Waals surface area contributed by atoms with Gasteiger partial charge in [0.15, 0.2) is 9.84 Å². The van der Waals surface area contributed by atoms with Crippen LogP contribution in [0.5, 0.6) is 0 Å². The second kappa shape index (κ2) is 7.04. The summed E-state index contributed by atoms with van der Waals surface area (Å²) in [5.41, 5.74) is 0.863. The molecule has 0 saturated heterocycles. The number of aromatic carboxylic acids is 1. The molecule has 1 aromatic carbocycles. The van der Waals surface area contributed by atoms with Gasteiger partial charge in [-0.15, -0.1) is 0 Å². The molecule has 7 heteroatoms. The first kappa shape index (κ1) is 16.2. The number of hydrogen-bond acceptors (Lipinski definition) is 4. The second-order valence-electron chi connectivity index (χ2n) is 4.37. The van der Waals surface area contributed by atoms with Crippen LogP contribution >= 0.6 is 0 Å². The van der Waals surface area contributed by atoms with E-state index in [2.05, 4.69) is 5.32 Å². The fourth-order valence-electron chi connectivity index (χ4n) is 1.60. The van der Waals surface area contributed by atoms with Crippen LogP contribution in [0.25, 0.3) is 0 Å². The highest BCUT2D eigenvalue weighted by atomic mass is 32.2. The number of hydrogen-bond donors (Lipinski definition) is 2. The Kier molecular flexibility index (Phi) is 5.69. The Morgan fingerprint density at radius 3 is 2.30 bits per heavy atom. The van der Waals surface area contributed by atoms with Crippen molar-refractivity contribution in [2.45, 2.75) is 19.9 Å². The Hall–Kier alpha value is -1.89. The monoisotopic (exact) mass is 299 g/mol. The van der Waals surface area contributed by atoms with Gasteiger partial charge in [-0.25, -0.2) is 13.2 Å². The normalized spacial score (nSPS) is 11.1. The molecule has 0 atom stereocenters. The number of carboxylic acid groups (broad SMARTS) is 1. The van der Waals surface area contributed by atoms with Crippen molar-refractivity contribution in [2.75, 3.05) is 11.5 Å². The number of amides is 1. The Morgan fingerprint density at radius 1 is 1.20 bits per heavy atom. The van der Waals surface area contributed by atoms with Gasteiger partial charge in [-0.1, -0.05) is 19.1 Å². The van der Waals surface area contributed by atoms with Crippen molar-refractivity contribution < 1.29 is 23.1 Å². The molecular formula is C13H17NO5S. The average Bonchev–Trinajstić information content (AvgIpc) is 2.36. The number of carboxylic acids is 1. The van der Waals surface area contributed by atoms with Gasteiger partial charge in [0.05, 0.1) is 11.3 Å². The van der Waals surface area contributed by atoms with E-state index in [1.54, 1.807) is 19.1 Å². The van der Waals surface area contributed by atoms with Gasteiger partial charge in [0.1, 0.15) is 5.75 Å². The largest absolute Gasteiger partial charge is 0.478 e. The van der Waals surface area contributed by atoms with Crippen LogP contribution in [0.15, 0.2) is 24.3 Å². The Morgan fingerprint density at radius 2 is 1.80 bits per heavy atom. The van der Waals surface area contributed by atoms with Crippen LogP contribution in [-0.4, -0.2) is 36.9 Å². The van der Waals surface area contributed by atoms with E-state index in [0.29, 0.717) is 12.0 Å². The topological polar surface area (TPSA) is 101 Å². The first-order valence-corrected chi connectivity index (χ1v) is 7.95. The summed E-state index contributed by atoms with van der Waals surface area (Å²) in [5, 5.41) is 11.2. The molecule has 0 radical (unpaired) electrons. The first-order chi connectivity index (χ1) is 9.34. The maximum Gasteiger partial charge on any atom is 0.335 e. The highest BCUT2D eigenvalue weighted by Crippen LogP contribution is 2.04. The van der Waals surface area contributed by atoms with E-state index < -0.39 is 27.5 Å². The minimum Gasteiger partial charge on any atom is -0.478 e. The zero-order valence-electron chi connectivity index (χ0n) is 11.1. The van der Waals surface area contributed by atoms with Gasteiger partial charge in [-0.2, -0.15) is 0 Å². The average molecular weight is 299 g/mol. The first-order valence-electron chi connectivity index (χ1n) is 6.13. The van der Waals surface area contributed by atoms with Crippen LogP contribution < -0.4 is 5.32 Å². The molecule has 0 unspecified atom stereocenters. The summed E-state index contributed by atoms with van der Waals surface area (Å²) in [6.07, 6.45) is 0.478. The van der Waals surface area contributed by atoms with Gasteiger partial charge in [-0.05, 0) is 24.1 Å². The second-order valence-corrected chi connectivity index (χ2v) is 6.55. The lowest BCUT2D eigenvalue weighted by molar-refractivity contribution is -0.118. The molecule has 0 aliphatic rings. The maximum absolute atomic E-state index is 11.5. The Labute approximate surface area is 117 Å². The highest BCUT2D eigenvalue weighted by molar-refractivity contribution is 7.92. The molecule has 20 heavy (non-hydrogen) atoms. The molecular weight excluding hydrogens is 282 g/mol. The SMILES string of the molecule is CCCS(=O)(=O)CC(=O)NCc1ccc(C(=O)O)cc1. The van der Waals surface area contributed by atoms with Crippen molar-refractivity contribution >= 4 is 21.7 Å². The van der Waals surface area contributed by atoms with Gasteiger partial charge >= 0.3 is 5.97 Å². The van der Waals surface area contributed by atoms with Crippen molar-refractivity contribution in [3.05, 3.63) is 35.4 Å². The van der Waals surface area contributed by atoms with Crippen LogP contribution in [0.1, 0.15) is 29.3 Å². The number of rotatable bonds is 7. The number of sulfone groups is 1. The van der Waals surface area contributed by atoms with Gasteiger partial charge in [0, 0.05) is 6.54 Å². The minimum atomic E-state index is -3.34. The molecule has 0 heterocycles. The summed E-state index contributed by atoms with van der Waals surface area (Å²) in [5.74, 6) is -2.10.